The Morgan fingerprint density at radius 2 is 2.54 bits per heavy atom. The summed E-state index contributed by atoms with van der Waals surface area (Å²) in [5.74, 6) is -0.166. The average Bonchev–Trinajstić information content (AvgIpc) is 2.51. The lowest BCUT2D eigenvalue weighted by Crippen LogP contribution is -2.24. The highest BCUT2D eigenvalue weighted by molar-refractivity contribution is 7.11. The monoisotopic (exact) mass is 196 g/mol. The molecule has 1 aromatic rings. The van der Waals surface area contributed by atoms with E-state index < -0.39 is 0 Å². The highest BCUT2D eigenvalue weighted by Gasteiger charge is 2.10. The summed E-state index contributed by atoms with van der Waals surface area (Å²) in [6.07, 6.45) is 3.06. The summed E-state index contributed by atoms with van der Waals surface area (Å²) < 4.78 is 0. The summed E-state index contributed by atoms with van der Waals surface area (Å²) in [6.45, 7) is 7.28. The van der Waals surface area contributed by atoms with Gasteiger partial charge >= 0.3 is 0 Å². The van der Waals surface area contributed by atoms with Gasteiger partial charge in [-0.05, 0) is 19.9 Å². The van der Waals surface area contributed by atoms with Crippen LogP contribution in [-0.2, 0) is 4.79 Å². The molecule has 1 rings (SSSR count). The van der Waals surface area contributed by atoms with Crippen molar-refractivity contribution in [3.05, 3.63) is 28.7 Å². The van der Waals surface area contributed by atoms with Crippen molar-refractivity contribution in [2.75, 3.05) is 0 Å². The van der Waals surface area contributed by atoms with Crippen molar-refractivity contribution in [3.63, 3.8) is 0 Å². The molecule has 0 radical (unpaired) electrons. The second kappa shape index (κ2) is 4.18. The lowest BCUT2D eigenvalue weighted by molar-refractivity contribution is -0.117. The first-order valence-electron chi connectivity index (χ1n) is 3.98. The van der Waals surface area contributed by atoms with E-state index in [9.17, 15) is 4.79 Å². The summed E-state index contributed by atoms with van der Waals surface area (Å²) in [5.41, 5.74) is 0. The summed E-state index contributed by atoms with van der Waals surface area (Å²) in [7, 11) is 0. The number of carbonyl (C=O) groups excluding carboxylic acids is 1. The van der Waals surface area contributed by atoms with Gasteiger partial charge in [-0.2, -0.15) is 0 Å². The predicted molar refractivity (Wildman–Crippen MR) is 53.6 cm³/mol. The molecule has 0 aliphatic carbocycles. The second-order valence-corrected chi connectivity index (χ2v) is 4.01. The van der Waals surface area contributed by atoms with Crippen LogP contribution in [0.15, 0.2) is 18.9 Å². The largest absolute Gasteiger partial charge is 0.344 e. The van der Waals surface area contributed by atoms with Crippen LogP contribution in [0.5, 0.6) is 0 Å². The zero-order chi connectivity index (χ0) is 9.84. The maximum Gasteiger partial charge on any atom is 0.243 e. The van der Waals surface area contributed by atoms with E-state index in [0.717, 1.165) is 9.88 Å². The maximum absolute atomic E-state index is 11.0. The minimum atomic E-state index is -0.166. The van der Waals surface area contributed by atoms with Gasteiger partial charge < -0.3 is 5.32 Å². The molecule has 1 atom stereocenters. The number of hydrogen-bond acceptors (Lipinski definition) is 3. The minimum Gasteiger partial charge on any atom is -0.344 e. The van der Waals surface area contributed by atoms with Crippen molar-refractivity contribution in [1.29, 1.82) is 0 Å². The summed E-state index contributed by atoms with van der Waals surface area (Å²) in [6, 6.07) is -0.0378. The summed E-state index contributed by atoms with van der Waals surface area (Å²) in [4.78, 5) is 16.3. The molecule has 1 heterocycles. The number of rotatable bonds is 3. The van der Waals surface area contributed by atoms with E-state index in [0.29, 0.717) is 0 Å². The number of aryl methyl sites for hydroxylation is 1. The van der Waals surface area contributed by atoms with Crippen LogP contribution in [-0.4, -0.2) is 10.9 Å². The van der Waals surface area contributed by atoms with Gasteiger partial charge in [-0.25, -0.2) is 4.98 Å². The molecular weight excluding hydrogens is 184 g/mol. The van der Waals surface area contributed by atoms with Crippen molar-refractivity contribution in [3.8, 4) is 0 Å². The first kappa shape index (κ1) is 9.92. The molecule has 0 saturated heterocycles. The lowest BCUT2D eigenvalue weighted by atomic mass is 10.3. The standard InChI is InChI=1S/C9H12N2OS/c1-4-8(12)11-7(3)9-10-5-6(2)13-9/h4-5,7H,1H2,2-3H3,(H,11,12). The first-order valence-corrected chi connectivity index (χ1v) is 4.80. The van der Waals surface area contributed by atoms with Crippen LogP contribution in [0, 0.1) is 6.92 Å². The fraction of sp³-hybridized carbons (Fsp3) is 0.333. The van der Waals surface area contributed by atoms with Crippen molar-refractivity contribution in [2.24, 2.45) is 0 Å². The van der Waals surface area contributed by atoms with Crippen molar-refractivity contribution >= 4 is 17.2 Å². The molecule has 1 amide bonds. The van der Waals surface area contributed by atoms with Crippen LogP contribution < -0.4 is 5.32 Å². The van der Waals surface area contributed by atoms with Crippen LogP contribution >= 0.6 is 11.3 Å². The molecule has 3 nitrogen and oxygen atoms in total. The number of hydrogen-bond donors (Lipinski definition) is 1. The van der Waals surface area contributed by atoms with Crippen LogP contribution in [0.2, 0.25) is 0 Å². The Balaban J connectivity index is 2.63. The molecule has 70 valence electrons. The van der Waals surface area contributed by atoms with Gasteiger partial charge in [-0.15, -0.1) is 11.3 Å². The van der Waals surface area contributed by atoms with Crippen molar-refractivity contribution in [1.82, 2.24) is 10.3 Å². The molecule has 0 aliphatic rings. The quantitative estimate of drug-likeness (QED) is 0.749. The van der Waals surface area contributed by atoms with E-state index in [1.807, 2.05) is 13.8 Å². The molecule has 1 unspecified atom stereocenters. The normalized spacial score (nSPS) is 12.2. The zero-order valence-corrected chi connectivity index (χ0v) is 8.52. The van der Waals surface area contributed by atoms with E-state index in [1.54, 1.807) is 17.5 Å². The van der Waals surface area contributed by atoms with E-state index in [-0.39, 0.29) is 11.9 Å². The second-order valence-electron chi connectivity index (χ2n) is 2.74. The fourth-order valence-corrected chi connectivity index (χ4v) is 1.68. The molecule has 4 heteroatoms. The third-order valence-corrected chi connectivity index (χ3v) is 2.65. The number of amides is 1. The Bertz CT molecular complexity index is 319. The maximum atomic E-state index is 11.0. The van der Waals surface area contributed by atoms with Gasteiger partial charge in [0.1, 0.15) is 5.01 Å². The van der Waals surface area contributed by atoms with E-state index in [2.05, 4.69) is 16.9 Å². The van der Waals surface area contributed by atoms with Gasteiger partial charge in [0.2, 0.25) is 5.91 Å². The lowest BCUT2D eigenvalue weighted by Gasteiger charge is -2.08. The Hall–Kier alpha value is -1.16. The summed E-state index contributed by atoms with van der Waals surface area (Å²) in [5, 5.41) is 3.67. The van der Waals surface area contributed by atoms with Gasteiger partial charge in [0.05, 0.1) is 6.04 Å². The number of carbonyl (C=O) groups is 1. The highest BCUT2D eigenvalue weighted by atomic mass is 32.1. The number of nitrogens with one attached hydrogen (secondary N) is 1. The number of nitrogens with zero attached hydrogens (tertiary/aromatic N) is 1. The van der Waals surface area contributed by atoms with Gasteiger partial charge in [-0.1, -0.05) is 6.58 Å². The van der Waals surface area contributed by atoms with Crippen LogP contribution in [0.1, 0.15) is 22.9 Å². The Labute approximate surface area is 81.5 Å². The van der Waals surface area contributed by atoms with Gasteiger partial charge in [0.15, 0.2) is 0 Å². The van der Waals surface area contributed by atoms with Crippen molar-refractivity contribution < 1.29 is 4.79 Å². The molecule has 13 heavy (non-hydrogen) atoms. The molecule has 1 N–H and O–H groups in total. The van der Waals surface area contributed by atoms with Gasteiger partial charge in [0, 0.05) is 11.1 Å². The molecule has 1 aromatic heterocycles. The third kappa shape index (κ3) is 2.66. The van der Waals surface area contributed by atoms with Crippen LogP contribution in [0.25, 0.3) is 0 Å². The molecule has 0 bridgehead atoms. The molecule has 0 fully saturated rings. The van der Waals surface area contributed by atoms with E-state index in [4.69, 9.17) is 0 Å². The predicted octanol–water partition coefficient (Wildman–Crippen LogP) is 1.81. The minimum absolute atomic E-state index is 0.0378. The zero-order valence-electron chi connectivity index (χ0n) is 7.70. The average molecular weight is 196 g/mol. The highest BCUT2D eigenvalue weighted by Crippen LogP contribution is 2.18. The molecule has 0 aromatic carbocycles. The summed E-state index contributed by atoms with van der Waals surface area (Å²) >= 11 is 1.59. The number of thiazole rings is 1. The SMILES string of the molecule is C=CC(=O)NC(C)c1ncc(C)s1. The fourth-order valence-electron chi connectivity index (χ4n) is 0.906. The smallest absolute Gasteiger partial charge is 0.243 e. The van der Waals surface area contributed by atoms with E-state index in [1.165, 1.54) is 6.08 Å². The first-order chi connectivity index (χ1) is 6.13. The molecular formula is C9H12N2OS. The van der Waals surface area contributed by atoms with Gasteiger partial charge in [-0.3, -0.25) is 4.79 Å². The number of aromatic nitrogens is 1. The Kier molecular flexibility index (Phi) is 3.19. The topological polar surface area (TPSA) is 42.0 Å². The van der Waals surface area contributed by atoms with Crippen LogP contribution in [0.3, 0.4) is 0 Å². The van der Waals surface area contributed by atoms with E-state index >= 15 is 0 Å². The Morgan fingerprint density at radius 3 is 3.00 bits per heavy atom. The Morgan fingerprint density at radius 1 is 1.85 bits per heavy atom. The molecule has 0 aliphatic heterocycles. The third-order valence-electron chi connectivity index (χ3n) is 1.55. The molecule has 0 spiro atoms. The van der Waals surface area contributed by atoms with Gasteiger partial charge in [0.25, 0.3) is 0 Å². The van der Waals surface area contributed by atoms with Crippen LogP contribution in [0.4, 0.5) is 0 Å². The molecule has 0 saturated carbocycles. The van der Waals surface area contributed by atoms with Crippen molar-refractivity contribution in [2.45, 2.75) is 19.9 Å².